The van der Waals surface area contributed by atoms with E-state index in [0.717, 1.165) is 24.5 Å². The number of nitrogens with one attached hydrogen (secondary N) is 1. The van der Waals surface area contributed by atoms with E-state index in [0.29, 0.717) is 0 Å². The molecule has 0 radical (unpaired) electrons. The third-order valence-corrected chi connectivity index (χ3v) is 3.75. The number of methoxy groups -OCH3 is 2. The highest BCUT2D eigenvalue weighted by atomic mass is 16.5. The smallest absolute Gasteiger partial charge is 0.125 e. The Balaban J connectivity index is 2.51. The zero-order valence-corrected chi connectivity index (χ0v) is 11.1. The Labute approximate surface area is 103 Å². The molecule has 0 saturated carbocycles. The minimum Gasteiger partial charge on any atom is -0.497 e. The lowest BCUT2D eigenvalue weighted by molar-refractivity contribution is 0.379. The van der Waals surface area contributed by atoms with Crippen LogP contribution in [-0.2, 0) is 5.54 Å². The van der Waals surface area contributed by atoms with Gasteiger partial charge in [0, 0.05) is 11.6 Å². The fourth-order valence-corrected chi connectivity index (χ4v) is 2.69. The maximum atomic E-state index is 5.42. The van der Waals surface area contributed by atoms with Crippen molar-refractivity contribution in [1.82, 2.24) is 5.32 Å². The molecule has 1 aliphatic rings. The summed E-state index contributed by atoms with van der Waals surface area (Å²) in [5.74, 6) is 1.76. The minimum absolute atomic E-state index is 0.0475. The quantitative estimate of drug-likeness (QED) is 0.873. The van der Waals surface area contributed by atoms with Gasteiger partial charge in [0.05, 0.1) is 14.2 Å². The molecular weight excluding hydrogens is 214 g/mol. The Morgan fingerprint density at radius 1 is 1.24 bits per heavy atom. The molecule has 1 atom stereocenters. The average molecular weight is 235 g/mol. The second-order valence-electron chi connectivity index (χ2n) is 4.86. The Kier molecular flexibility index (Phi) is 3.29. The van der Waals surface area contributed by atoms with E-state index >= 15 is 0 Å². The lowest BCUT2D eigenvalue weighted by Crippen LogP contribution is -2.34. The van der Waals surface area contributed by atoms with Crippen molar-refractivity contribution in [2.24, 2.45) is 0 Å². The summed E-state index contributed by atoms with van der Waals surface area (Å²) in [5.41, 5.74) is 2.53. The van der Waals surface area contributed by atoms with Crippen LogP contribution in [-0.4, -0.2) is 20.8 Å². The van der Waals surface area contributed by atoms with E-state index in [4.69, 9.17) is 9.47 Å². The SMILES string of the molecule is COc1cc(OC)c(C)c(C2(C)CCCN2)c1. The molecular formula is C14H21NO2. The molecule has 3 heteroatoms. The summed E-state index contributed by atoms with van der Waals surface area (Å²) in [7, 11) is 3.40. The number of hydrogen-bond donors (Lipinski definition) is 1. The summed E-state index contributed by atoms with van der Waals surface area (Å²) in [6.07, 6.45) is 2.37. The number of rotatable bonds is 3. The largest absolute Gasteiger partial charge is 0.497 e. The molecule has 1 heterocycles. The fourth-order valence-electron chi connectivity index (χ4n) is 2.69. The standard InChI is InChI=1S/C14H21NO2/c1-10-12(14(2)6-5-7-15-14)8-11(16-3)9-13(10)17-4/h8-9,15H,5-7H2,1-4H3. The number of hydrogen-bond acceptors (Lipinski definition) is 3. The van der Waals surface area contributed by atoms with Gasteiger partial charge in [-0.15, -0.1) is 0 Å². The van der Waals surface area contributed by atoms with E-state index in [9.17, 15) is 0 Å². The predicted octanol–water partition coefficient (Wildman–Crippen LogP) is 2.61. The summed E-state index contributed by atoms with van der Waals surface area (Å²) in [6.45, 7) is 5.44. The molecule has 1 saturated heterocycles. The second kappa shape index (κ2) is 4.57. The van der Waals surface area contributed by atoms with Crippen LogP contribution in [0.25, 0.3) is 0 Å². The minimum atomic E-state index is 0.0475. The van der Waals surface area contributed by atoms with Gasteiger partial charge in [-0.05, 0) is 50.4 Å². The third-order valence-electron chi connectivity index (χ3n) is 3.75. The summed E-state index contributed by atoms with van der Waals surface area (Å²) >= 11 is 0. The molecule has 17 heavy (non-hydrogen) atoms. The molecule has 1 unspecified atom stereocenters. The Morgan fingerprint density at radius 2 is 2.00 bits per heavy atom. The maximum absolute atomic E-state index is 5.42. The van der Waals surface area contributed by atoms with Gasteiger partial charge >= 0.3 is 0 Å². The van der Waals surface area contributed by atoms with Crippen LogP contribution in [0.4, 0.5) is 0 Å². The van der Waals surface area contributed by atoms with Crippen LogP contribution in [0, 0.1) is 6.92 Å². The van der Waals surface area contributed by atoms with Crippen molar-refractivity contribution in [2.75, 3.05) is 20.8 Å². The van der Waals surface area contributed by atoms with Gasteiger partial charge in [-0.3, -0.25) is 0 Å². The van der Waals surface area contributed by atoms with Gasteiger partial charge < -0.3 is 14.8 Å². The van der Waals surface area contributed by atoms with Gasteiger partial charge in [0.2, 0.25) is 0 Å². The van der Waals surface area contributed by atoms with Crippen LogP contribution in [0.15, 0.2) is 12.1 Å². The molecule has 1 fully saturated rings. The zero-order chi connectivity index (χ0) is 12.5. The lowest BCUT2D eigenvalue weighted by Gasteiger charge is -2.28. The van der Waals surface area contributed by atoms with Crippen LogP contribution in [0.1, 0.15) is 30.9 Å². The summed E-state index contributed by atoms with van der Waals surface area (Å²) in [6, 6.07) is 4.06. The maximum Gasteiger partial charge on any atom is 0.125 e. The van der Waals surface area contributed by atoms with E-state index in [1.165, 1.54) is 17.5 Å². The van der Waals surface area contributed by atoms with Crippen molar-refractivity contribution in [1.29, 1.82) is 0 Å². The van der Waals surface area contributed by atoms with E-state index in [-0.39, 0.29) is 5.54 Å². The first kappa shape index (κ1) is 12.2. The first-order valence-electron chi connectivity index (χ1n) is 6.09. The molecule has 1 aliphatic heterocycles. The van der Waals surface area contributed by atoms with E-state index < -0.39 is 0 Å². The molecule has 2 rings (SSSR count). The van der Waals surface area contributed by atoms with Crippen LogP contribution >= 0.6 is 0 Å². The predicted molar refractivity (Wildman–Crippen MR) is 68.9 cm³/mol. The highest BCUT2D eigenvalue weighted by Gasteiger charge is 2.32. The molecule has 0 amide bonds. The molecule has 94 valence electrons. The summed E-state index contributed by atoms with van der Waals surface area (Å²) in [4.78, 5) is 0. The average Bonchev–Trinajstić information content (AvgIpc) is 2.77. The van der Waals surface area contributed by atoms with Crippen molar-refractivity contribution < 1.29 is 9.47 Å². The first-order valence-corrected chi connectivity index (χ1v) is 6.09. The first-order chi connectivity index (χ1) is 8.10. The van der Waals surface area contributed by atoms with Gasteiger partial charge in [0.1, 0.15) is 11.5 Å². The summed E-state index contributed by atoms with van der Waals surface area (Å²) in [5, 5.41) is 3.58. The fraction of sp³-hybridized carbons (Fsp3) is 0.571. The van der Waals surface area contributed by atoms with Crippen molar-refractivity contribution in [3.8, 4) is 11.5 Å². The number of ether oxygens (including phenoxy) is 2. The zero-order valence-electron chi connectivity index (χ0n) is 11.1. The molecule has 1 aromatic carbocycles. The Bertz CT molecular complexity index is 409. The van der Waals surface area contributed by atoms with Crippen LogP contribution in [0.5, 0.6) is 11.5 Å². The molecule has 0 bridgehead atoms. The molecule has 1 aromatic rings. The Morgan fingerprint density at radius 3 is 2.53 bits per heavy atom. The van der Waals surface area contributed by atoms with Crippen molar-refractivity contribution >= 4 is 0 Å². The normalized spacial score (nSPS) is 23.8. The van der Waals surface area contributed by atoms with Crippen LogP contribution < -0.4 is 14.8 Å². The second-order valence-corrected chi connectivity index (χ2v) is 4.86. The lowest BCUT2D eigenvalue weighted by atomic mass is 9.87. The summed E-state index contributed by atoms with van der Waals surface area (Å²) < 4.78 is 10.8. The van der Waals surface area contributed by atoms with Crippen LogP contribution in [0.3, 0.4) is 0 Å². The van der Waals surface area contributed by atoms with E-state index in [1.54, 1.807) is 14.2 Å². The van der Waals surface area contributed by atoms with Crippen LogP contribution in [0.2, 0.25) is 0 Å². The number of benzene rings is 1. The molecule has 0 aromatic heterocycles. The Hall–Kier alpha value is -1.22. The van der Waals surface area contributed by atoms with Crippen molar-refractivity contribution in [2.45, 2.75) is 32.2 Å². The topological polar surface area (TPSA) is 30.5 Å². The van der Waals surface area contributed by atoms with Gasteiger partial charge in [-0.25, -0.2) is 0 Å². The van der Waals surface area contributed by atoms with Crippen molar-refractivity contribution in [3.05, 3.63) is 23.3 Å². The van der Waals surface area contributed by atoms with Gasteiger partial charge in [-0.2, -0.15) is 0 Å². The highest BCUT2D eigenvalue weighted by molar-refractivity contribution is 5.49. The van der Waals surface area contributed by atoms with E-state index in [1.807, 2.05) is 6.07 Å². The monoisotopic (exact) mass is 235 g/mol. The molecule has 1 N–H and O–H groups in total. The molecule has 0 aliphatic carbocycles. The van der Waals surface area contributed by atoms with Crippen molar-refractivity contribution in [3.63, 3.8) is 0 Å². The van der Waals surface area contributed by atoms with E-state index in [2.05, 4.69) is 25.2 Å². The molecule has 3 nitrogen and oxygen atoms in total. The highest BCUT2D eigenvalue weighted by Crippen LogP contribution is 2.38. The molecule has 0 spiro atoms. The third kappa shape index (κ3) is 2.12. The van der Waals surface area contributed by atoms with Gasteiger partial charge in [-0.1, -0.05) is 0 Å². The van der Waals surface area contributed by atoms with Gasteiger partial charge in [0.25, 0.3) is 0 Å². The van der Waals surface area contributed by atoms with Gasteiger partial charge in [0.15, 0.2) is 0 Å².